The summed E-state index contributed by atoms with van der Waals surface area (Å²) in [5, 5.41) is 11.1. The van der Waals surface area contributed by atoms with Crippen LogP contribution in [-0.4, -0.2) is 38.0 Å². The predicted octanol–water partition coefficient (Wildman–Crippen LogP) is 1.69. The van der Waals surface area contributed by atoms with E-state index in [9.17, 15) is 22.8 Å². The van der Waals surface area contributed by atoms with E-state index >= 15 is 0 Å². The zero-order chi connectivity index (χ0) is 20.3. The van der Waals surface area contributed by atoms with Crippen LogP contribution in [0.15, 0.2) is 41.2 Å². The highest BCUT2D eigenvalue weighted by Gasteiger charge is 2.35. The molecule has 0 spiro atoms. The van der Waals surface area contributed by atoms with Crippen molar-refractivity contribution in [3.63, 3.8) is 0 Å². The number of anilines is 1. The van der Waals surface area contributed by atoms with Crippen molar-refractivity contribution in [2.75, 3.05) is 12.4 Å². The number of hydrogen-bond acceptors (Lipinski definition) is 6. The molecule has 0 atom stereocenters. The summed E-state index contributed by atoms with van der Waals surface area (Å²) in [6.07, 6.45) is -4.72. The lowest BCUT2D eigenvalue weighted by atomic mass is 10.1. The second-order valence-electron chi connectivity index (χ2n) is 5.50. The quantitative estimate of drug-likeness (QED) is 0.681. The van der Waals surface area contributed by atoms with Gasteiger partial charge >= 0.3 is 6.18 Å². The number of aromatic amines is 1. The van der Waals surface area contributed by atoms with Gasteiger partial charge in [0, 0.05) is 11.6 Å². The SMILES string of the molecule is COc1ccc(-c2ccc(=O)n(CC(=O)Nc3n[nH]c(C(F)(F)F)n3)n2)cc1. The van der Waals surface area contributed by atoms with E-state index in [-0.39, 0.29) is 0 Å². The number of halogens is 3. The first-order chi connectivity index (χ1) is 13.3. The summed E-state index contributed by atoms with van der Waals surface area (Å²) in [6, 6.07) is 9.59. The van der Waals surface area contributed by atoms with Gasteiger partial charge in [0.2, 0.25) is 17.7 Å². The van der Waals surface area contributed by atoms with Gasteiger partial charge in [0.1, 0.15) is 12.3 Å². The minimum atomic E-state index is -4.72. The summed E-state index contributed by atoms with van der Waals surface area (Å²) >= 11 is 0. The molecule has 0 aliphatic rings. The Labute approximate surface area is 155 Å². The Kier molecular flexibility index (Phi) is 5.11. The maximum atomic E-state index is 12.5. The number of benzene rings is 1. The first kappa shape index (κ1) is 19.1. The molecule has 0 radical (unpaired) electrons. The molecule has 0 bridgehead atoms. The monoisotopic (exact) mass is 394 g/mol. The summed E-state index contributed by atoms with van der Waals surface area (Å²) in [5.41, 5.74) is 0.546. The third-order valence-corrected chi connectivity index (χ3v) is 3.55. The fourth-order valence-electron chi connectivity index (χ4n) is 2.22. The molecule has 2 heterocycles. The van der Waals surface area contributed by atoms with Gasteiger partial charge in [-0.25, -0.2) is 4.68 Å². The third-order valence-electron chi connectivity index (χ3n) is 3.55. The molecule has 0 saturated carbocycles. The normalized spacial score (nSPS) is 11.3. The molecule has 146 valence electrons. The Morgan fingerprint density at radius 3 is 2.54 bits per heavy atom. The maximum absolute atomic E-state index is 12.5. The number of carbonyl (C=O) groups excluding carboxylic acids is 1. The van der Waals surface area contributed by atoms with Crippen molar-refractivity contribution in [1.82, 2.24) is 25.0 Å². The zero-order valence-corrected chi connectivity index (χ0v) is 14.3. The van der Waals surface area contributed by atoms with Crippen LogP contribution in [0.3, 0.4) is 0 Å². The number of alkyl halides is 3. The first-order valence-corrected chi connectivity index (χ1v) is 7.78. The van der Waals surface area contributed by atoms with Crippen molar-refractivity contribution < 1.29 is 22.7 Å². The average molecular weight is 394 g/mol. The van der Waals surface area contributed by atoms with Crippen LogP contribution in [0, 0.1) is 0 Å². The zero-order valence-electron chi connectivity index (χ0n) is 14.3. The van der Waals surface area contributed by atoms with Gasteiger partial charge in [-0.3, -0.25) is 20.0 Å². The van der Waals surface area contributed by atoms with Gasteiger partial charge in [-0.05, 0) is 30.3 Å². The lowest BCUT2D eigenvalue weighted by Crippen LogP contribution is -2.29. The number of hydrogen-bond donors (Lipinski definition) is 2. The topological polar surface area (TPSA) is 115 Å². The van der Waals surface area contributed by atoms with Crippen LogP contribution in [0.25, 0.3) is 11.3 Å². The molecular weight excluding hydrogens is 381 g/mol. The highest BCUT2D eigenvalue weighted by atomic mass is 19.4. The lowest BCUT2D eigenvalue weighted by Gasteiger charge is -2.07. The average Bonchev–Trinajstić information content (AvgIpc) is 3.12. The molecule has 9 nitrogen and oxygen atoms in total. The molecule has 3 rings (SSSR count). The van der Waals surface area contributed by atoms with Crippen LogP contribution < -0.4 is 15.6 Å². The van der Waals surface area contributed by atoms with Crippen LogP contribution >= 0.6 is 0 Å². The molecule has 3 aromatic rings. The van der Waals surface area contributed by atoms with E-state index in [0.29, 0.717) is 17.0 Å². The van der Waals surface area contributed by atoms with Gasteiger partial charge < -0.3 is 4.74 Å². The summed E-state index contributed by atoms with van der Waals surface area (Å²) in [4.78, 5) is 27.1. The molecule has 12 heteroatoms. The van der Waals surface area contributed by atoms with Gasteiger partial charge in [-0.1, -0.05) is 0 Å². The second-order valence-corrected chi connectivity index (χ2v) is 5.50. The largest absolute Gasteiger partial charge is 0.497 e. The molecule has 0 fully saturated rings. The Morgan fingerprint density at radius 1 is 1.21 bits per heavy atom. The van der Waals surface area contributed by atoms with Crippen LogP contribution in [0.2, 0.25) is 0 Å². The number of methoxy groups -OCH3 is 1. The van der Waals surface area contributed by atoms with Crippen LogP contribution in [0.1, 0.15) is 5.82 Å². The van der Waals surface area contributed by atoms with Crippen LogP contribution in [0.4, 0.5) is 19.1 Å². The summed E-state index contributed by atoms with van der Waals surface area (Å²) in [7, 11) is 1.53. The van der Waals surface area contributed by atoms with Crippen molar-refractivity contribution in [2.24, 2.45) is 0 Å². The van der Waals surface area contributed by atoms with E-state index in [1.165, 1.54) is 19.2 Å². The van der Waals surface area contributed by atoms with Crippen molar-refractivity contribution in [3.05, 3.63) is 52.6 Å². The Bertz CT molecular complexity index is 1040. The minimum absolute atomic E-state index is 0.423. The molecule has 28 heavy (non-hydrogen) atoms. The van der Waals surface area contributed by atoms with Gasteiger partial charge in [-0.2, -0.15) is 23.3 Å². The van der Waals surface area contributed by atoms with Crippen molar-refractivity contribution in [1.29, 1.82) is 0 Å². The van der Waals surface area contributed by atoms with Gasteiger partial charge in [-0.15, -0.1) is 5.10 Å². The number of nitrogens with zero attached hydrogens (tertiary/aromatic N) is 4. The Morgan fingerprint density at radius 2 is 1.93 bits per heavy atom. The fraction of sp³-hybridized carbons (Fsp3) is 0.188. The molecule has 0 aliphatic heterocycles. The van der Waals surface area contributed by atoms with E-state index in [1.54, 1.807) is 29.4 Å². The number of rotatable bonds is 5. The van der Waals surface area contributed by atoms with E-state index in [1.807, 2.05) is 0 Å². The smallest absolute Gasteiger partial charge is 0.451 e. The molecule has 0 saturated heterocycles. The van der Waals surface area contributed by atoms with E-state index in [4.69, 9.17) is 4.74 Å². The predicted molar refractivity (Wildman–Crippen MR) is 90.5 cm³/mol. The lowest BCUT2D eigenvalue weighted by molar-refractivity contribution is -0.144. The van der Waals surface area contributed by atoms with Crippen molar-refractivity contribution in [3.8, 4) is 17.0 Å². The van der Waals surface area contributed by atoms with E-state index < -0.39 is 36.0 Å². The summed E-state index contributed by atoms with van der Waals surface area (Å²) in [5.74, 6) is -2.08. The van der Waals surface area contributed by atoms with E-state index in [0.717, 1.165) is 4.68 Å². The standard InChI is InChI=1S/C16H13F3N6O3/c1-28-10-4-2-9(3-5-10)11-6-7-13(27)25(24-11)8-12(26)20-15-21-14(22-23-15)16(17,18)19/h2-7H,8H2,1H3,(H2,20,21,22,23,26). The molecule has 0 unspecified atom stereocenters. The molecular formula is C16H13F3N6O3. The number of amides is 1. The highest BCUT2D eigenvalue weighted by molar-refractivity contribution is 5.88. The van der Waals surface area contributed by atoms with Crippen molar-refractivity contribution in [2.45, 2.75) is 12.7 Å². The van der Waals surface area contributed by atoms with Crippen LogP contribution in [-0.2, 0) is 17.5 Å². The maximum Gasteiger partial charge on any atom is 0.451 e. The number of aromatic nitrogens is 5. The number of ether oxygens (including phenoxy) is 1. The van der Waals surface area contributed by atoms with E-state index in [2.05, 4.69) is 20.5 Å². The minimum Gasteiger partial charge on any atom is -0.497 e. The van der Waals surface area contributed by atoms with Gasteiger partial charge in [0.05, 0.1) is 12.8 Å². The Balaban J connectivity index is 1.75. The fourth-order valence-corrected chi connectivity index (χ4v) is 2.22. The molecule has 1 amide bonds. The summed E-state index contributed by atoms with van der Waals surface area (Å²) in [6.45, 7) is -0.529. The van der Waals surface area contributed by atoms with Crippen molar-refractivity contribution >= 4 is 11.9 Å². The van der Waals surface area contributed by atoms with Gasteiger partial charge in [0.15, 0.2) is 0 Å². The Hall–Kier alpha value is -3.70. The number of carbonyl (C=O) groups is 1. The number of H-pyrrole nitrogens is 1. The molecule has 2 aromatic heterocycles. The third kappa shape index (κ3) is 4.34. The summed E-state index contributed by atoms with van der Waals surface area (Å²) < 4.78 is 43.4. The highest BCUT2D eigenvalue weighted by Crippen LogP contribution is 2.26. The van der Waals surface area contributed by atoms with Gasteiger partial charge in [0.25, 0.3) is 5.56 Å². The van der Waals surface area contributed by atoms with Crippen LogP contribution in [0.5, 0.6) is 5.75 Å². The first-order valence-electron chi connectivity index (χ1n) is 7.78. The number of nitrogens with one attached hydrogen (secondary N) is 2. The molecule has 2 N–H and O–H groups in total. The second kappa shape index (κ2) is 7.50. The molecule has 1 aromatic carbocycles. The molecule has 0 aliphatic carbocycles.